The number of benzene rings is 3. The molecular weight excluding hydrogens is 549 g/mol. The summed E-state index contributed by atoms with van der Waals surface area (Å²) in [6, 6.07) is 6.35. The minimum Gasteiger partial charge on any atom is -0.490 e. The molecule has 206 valence electrons. The van der Waals surface area contributed by atoms with Gasteiger partial charge < -0.3 is 9.47 Å². The van der Waals surface area contributed by atoms with Gasteiger partial charge in [-0.3, -0.25) is 25.7 Å². The van der Waals surface area contributed by atoms with Gasteiger partial charge in [0.05, 0.1) is 28.7 Å². The van der Waals surface area contributed by atoms with Crippen LogP contribution in [0, 0.1) is 43.5 Å². The molecule has 0 aliphatic heterocycles. The van der Waals surface area contributed by atoms with Crippen LogP contribution in [0.15, 0.2) is 41.5 Å². The zero-order chi connectivity index (χ0) is 29.1. The van der Waals surface area contributed by atoms with Crippen LogP contribution in [-0.4, -0.2) is 22.7 Å². The van der Waals surface area contributed by atoms with E-state index in [0.29, 0.717) is 6.07 Å². The number of nitrogens with one attached hydrogen (secondary N) is 1. The maximum absolute atomic E-state index is 14.0. The number of hydrazone groups is 1. The molecule has 0 aliphatic rings. The van der Waals surface area contributed by atoms with Gasteiger partial charge in [0.15, 0.2) is 34.8 Å². The fourth-order valence-electron chi connectivity index (χ4n) is 3.07. The third kappa shape index (κ3) is 6.13. The van der Waals surface area contributed by atoms with Crippen LogP contribution < -0.4 is 14.9 Å². The first kappa shape index (κ1) is 28.6. The molecule has 0 saturated heterocycles. The number of anilines is 1. The Kier molecular flexibility index (Phi) is 8.21. The lowest BCUT2D eigenvalue weighted by atomic mass is 10.1. The van der Waals surface area contributed by atoms with Gasteiger partial charge >= 0.3 is 11.9 Å². The van der Waals surface area contributed by atoms with Crippen LogP contribution in [0.1, 0.15) is 18.1 Å². The lowest BCUT2D eigenvalue weighted by Crippen LogP contribution is -2.16. The molecule has 0 radical (unpaired) electrons. The highest BCUT2D eigenvalue weighted by molar-refractivity contribution is 5.81. The van der Waals surface area contributed by atoms with Crippen molar-refractivity contribution in [3.8, 4) is 17.2 Å². The van der Waals surface area contributed by atoms with Gasteiger partial charge in [-0.25, -0.2) is 17.6 Å². The molecule has 0 spiro atoms. The number of ether oxygens (including phenoxy) is 2. The number of non-ortho nitro benzene ring substituents is 1. The molecule has 0 atom stereocenters. The first-order valence-corrected chi connectivity index (χ1v) is 10.4. The lowest BCUT2D eigenvalue weighted by molar-refractivity contribution is -0.394. The maximum atomic E-state index is 14.0. The van der Waals surface area contributed by atoms with Crippen LogP contribution in [0.2, 0.25) is 0 Å². The molecule has 1 N–H and O–H groups in total. The Morgan fingerprint density at radius 2 is 1.51 bits per heavy atom. The van der Waals surface area contributed by atoms with Crippen LogP contribution in [0.3, 0.4) is 0 Å². The summed E-state index contributed by atoms with van der Waals surface area (Å²) in [5, 5.41) is 25.6. The topological polar surface area (TPSA) is 129 Å². The second kappa shape index (κ2) is 11.2. The lowest BCUT2D eigenvalue weighted by Gasteiger charge is -2.13. The molecule has 0 unspecified atom stereocenters. The van der Waals surface area contributed by atoms with Crippen molar-refractivity contribution in [1.82, 2.24) is 0 Å². The maximum Gasteiger partial charge on any atom is 0.422 e. The molecule has 0 fully saturated rings. The Balaban J connectivity index is 1.90. The summed E-state index contributed by atoms with van der Waals surface area (Å²) >= 11 is 0. The SMILES string of the molecule is CCOc1cc(/C=N\Nc2c(F)c(F)c(C(F)(F)F)c(F)c2F)ccc1Oc1ccc([N+](=O)[O-])cc1[N+](=O)[O-]. The molecule has 0 aliphatic carbocycles. The van der Waals surface area contributed by atoms with Gasteiger partial charge in [0.1, 0.15) is 11.3 Å². The highest BCUT2D eigenvalue weighted by Crippen LogP contribution is 2.40. The highest BCUT2D eigenvalue weighted by Gasteiger charge is 2.42. The van der Waals surface area contributed by atoms with Gasteiger partial charge in [-0.15, -0.1) is 0 Å². The Hall–Kier alpha value is -4.96. The first-order valence-electron chi connectivity index (χ1n) is 10.4. The van der Waals surface area contributed by atoms with Crippen LogP contribution in [0.25, 0.3) is 0 Å². The average Bonchev–Trinajstić information content (AvgIpc) is 2.85. The summed E-state index contributed by atoms with van der Waals surface area (Å²) < 4.78 is 105. The smallest absolute Gasteiger partial charge is 0.422 e. The van der Waals surface area contributed by atoms with E-state index in [2.05, 4.69) is 5.10 Å². The van der Waals surface area contributed by atoms with Crippen molar-refractivity contribution in [2.45, 2.75) is 13.1 Å². The predicted octanol–water partition coefficient (Wildman–Crippen LogP) is 6.72. The highest BCUT2D eigenvalue weighted by atomic mass is 19.4. The fraction of sp³-hybridized carbons (Fsp3) is 0.136. The van der Waals surface area contributed by atoms with Gasteiger partial charge in [0.2, 0.25) is 5.75 Å². The monoisotopic (exact) mass is 562 g/mol. The molecular formula is C22H13F7N4O6. The Morgan fingerprint density at radius 3 is 2.05 bits per heavy atom. The number of halogens is 7. The van der Waals surface area contributed by atoms with Crippen LogP contribution in [0.5, 0.6) is 17.2 Å². The van der Waals surface area contributed by atoms with E-state index in [0.717, 1.165) is 18.3 Å². The molecule has 3 aromatic rings. The summed E-state index contributed by atoms with van der Waals surface area (Å²) in [6.45, 7) is 1.62. The minimum absolute atomic E-state index is 0.0434. The van der Waals surface area contributed by atoms with Gasteiger partial charge in [0, 0.05) is 6.07 Å². The molecule has 39 heavy (non-hydrogen) atoms. The van der Waals surface area contributed by atoms with E-state index in [9.17, 15) is 51.0 Å². The summed E-state index contributed by atoms with van der Waals surface area (Å²) in [5.41, 5.74) is -3.93. The van der Waals surface area contributed by atoms with E-state index in [1.54, 1.807) is 12.3 Å². The predicted molar refractivity (Wildman–Crippen MR) is 120 cm³/mol. The number of rotatable bonds is 9. The minimum atomic E-state index is -5.70. The van der Waals surface area contributed by atoms with E-state index in [1.165, 1.54) is 18.2 Å². The van der Waals surface area contributed by atoms with Crippen molar-refractivity contribution < 1.29 is 50.1 Å². The quantitative estimate of drug-likeness (QED) is 0.101. The molecule has 0 saturated carbocycles. The number of nitro groups is 2. The third-order valence-corrected chi connectivity index (χ3v) is 4.77. The fourth-order valence-corrected chi connectivity index (χ4v) is 3.07. The van der Waals surface area contributed by atoms with Gasteiger partial charge in [-0.05, 0) is 36.8 Å². The number of alkyl halides is 3. The second-order valence-electron chi connectivity index (χ2n) is 7.28. The number of nitrogens with zero attached hydrogens (tertiary/aromatic N) is 3. The van der Waals surface area contributed by atoms with E-state index in [-0.39, 0.29) is 29.4 Å². The van der Waals surface area contributed by atoms with Gasteiger partial charge in [-0.2, -0.15) is 18.3 Å². The van der Waals surface area contributed by atoms with Crippen molar-refractivity contribution in [3.05, 3.63) is 91.0 Å². The standard InChI is InChI=1S/C22H13F7N4O6/c1-2-38-15-7-10(3-5-14(15)39-13-6-4-11(32(34)35)8-12(13)33(36)37)9-30-31-21-19(25)17(23)16(22(27,28)29)18(24)20(21)26/h3-9,31H,2H2,1H3/b30-9-. The van der Waals surface area contributed by atoms with E-state index in [4.69, 9.17) is 9.47 Å². The van der Waals surface area contributed by atoms with Crippen molar-refractivity contribution >= 4 is 23.3 Å². The van der Waals surface area contributed by atoms with E-state index in [1.807, 2.05) is 0 Å². The Morgan fingerprint density at radius 1 is 0.897 bits per heavy atom. The largest absolute Gasteiger partial charge is 0.490 e. The van der Waals surface area contributed by atoms with E-state index < -0.39 is 61.9 Å². The Bertz CT molecular complexity index is 1450. The second-order valence-corrected chi connectivity index (χ2v) is 7.28. The van der Waals surface area contributed by atoms with Crippen LogP contribution in [0.4, 0.5) is 47.8 Å². The molecule has 3 rings (SSSR count). The Labute approximate surface area is 212 Å². The van der Waals surface area contributed by atoms with Crippen LogP contribution >= 0.6 is 0 Å². The van der Waals surface area contributed by atoms with Crippen molar-refractivity contribution in [2.24, 2.45) is 5.10 Å². The number of hydrogen-bond acceptors (Lipinski definition) is 8. The molecule has 17 heteroatoms. The molecule has 0 aromatic heterocycles. The molecule has 0 heterocycles. The molecule has 0 amide bonds. The summed E-state index contributed by atoms with van der Waals surface area (Å²) in [7, 11) is 0. The normalized spacial score (nSPS) is 11.5. The van der Waals surface area contributed by atoms with Crippen molar-refractivity contribution in [3.63, 3.8) is 0 Å². The van der Waals surface area contributed by atoms with Gasteiger partial charge in [0.25, 0.3) is 5.69 Å². The van der Waals surface area contributed by atoms with Crippen LogP contribution in [-0.2, 0) is 6.18 Å². The molecule has 10 nitrogen and oxygen atoms in total. The zero-order valence-corrected chi connectivity index (χ0v) is 19.2. The summed E-state index contributed by atoms with van der Waals surface area (Å²) in [6.07, 6.45) is -4.85. The number of hydrogen-bond donors (Lipinski definition) is 1. The average molecular weight is 562 g/mol. The molecule has 3 aromatic carbocycles. The summed E-state index contributed by atoms with van der Waals surface area (Å²) in [4.78, 5) is 20.5. The van der Waals surface area contributed by atoms with Crippen molar-refractivity contribution in [2.75, 3.05) is 12.0 Å². The summed E-state index contributed by atoms with van der Waals surface area (Å²) in [5.74, 6) is -10.6. The first-order chi connectivity index (χ1) is 18.3. The molecule has 0 bridgehead atoms. The third-order valence-electron chi connectivity index (χ3n) is 4.77. The van der Waals surface area contributed by atoms with Crippen molar-refractivity contribution in [1.29, 1.82) is 0 Å². The number of nitro benzene ring substituents is 2. The zero-order valence-electron chi connectivity index (χ0n) is 19.2. The van der Waals surface area contributed by atoms with Gasteiger partial charge in [-0.1, -0.05) is 0 Å². The van der Waals surface area contributed by atoms with E-state index >= 15 is 0 Å².